The van der Waals surface area contributed by atoms with E-state index in [1.165, 1.54) is 11.1 Å². The van der Waals surface area contributed by atoms with Crippen LogP contribution in [0.5, 0.6) is 0 Å². The Hall–Kier alpha value is -2.73. The number of ketones is 1. The van der Waals surface area contributed by atoms with Crippen molar-refractivity contribution in [2.45, 2.75) is 51.7 Å². The highest BCUT2D eigenvalue weighted by atomic mass is 16.5. The largest absolute Gasteiger partial charge is 0.375 e. The van der Waals surface area contributed by atoms with Crippen molar-refractivity contribution in [1.82, 2.24) is 10.3 Å². The molecule has 1 aliphatic carbocycles. The average Bonchev–Trinajstić information content (AvgIpc) is 3.24. The molecule has 1 saturated heterocycles. The number of anilines is 1. The number of Topliss-reactive ketones (excluding diaryl/α,β-unsaturated/α-hetero) is 1. The van der Waals surface area contributed by atoms with Gasteiger partial charge in [0.2, 0.25) is 5.91 Å². The molecule has 1 unspecified atom stereocenters. The monoisotopic (exact) mass is 407 g/mol. The van der Waals surface area contributed by atoms with Gasteiger partial charge >= 0.3 is 0 Å². The van der Waals surface area contributed by atoms with Gasteiger partial charge in [0, 0.05) is 44.2 Å². The Morgan fingerprint density at radius 2 is 2.03 bits per heavy atom. The first-order valence-electron chi connectivity index (χ1n) is 10.8. The van der Waals surface area contributed by atoms with Gasteiger partial charge in [-0.2, -0.15) is 0 Å². The van der Waals surface area contributed by atoms with Gasteiger partial charge in [0.1, 0.15) is 5.82 Å². The first-order chi connectivity index (χ1) is 14.6. The number of carbonyl (C=O) groups is 2. The summed E-state index contributed by atoms with van der Waals surface area (Å²) < 4.78 is 5.56. The molecule has 2 heterocycles. The van der Waals surface area contributed by atoms with Gasteiger partial charge in [-0.05, 0) is 55.0 Å². The Kier molecular flexibility index (Phi) is 6.43. The minimum Gasteiger partial charge on any atom is -0.375 e. The van der Waals surface area contributed by atoms with Crippen LogP contribution < -0.4 is 10.2 Å². The second-order valence-corrected chi connectivity index (χ2v) is 8.19. The van der Waals surface area contributed by atoms with Crippen molar-refractivity contribution in [1.29, 1.82) is 0 Å². The second kappa shape index (κ2) is 9.39. The number of ether oxygens (including phenoxy) is 1. The van der Waals surface area contributed by atoms with Crippen LogP contribution in [0.25, 0.3) is 0 Å². The Bertz CT molecular complexity index is 910. The van der Waals surface area contributed by atoms with Crippen molar-refractivity contribution in [3.63, 3.8) is 0 Å². The smallest absolute Gasteiger partial charge is 0.220 e. The molecule has 2 aliphatic rings. The lowest BCUT2D eigenvalue weighted by Gasteiger charge is -2.32. The number of carbonyl (C=O) groups excluding carboxylic acids is 2. The first kappa shape index (κ1) is 20.5. The number of nitrogens with one attached hydrogen (secondary N) is 1. The summed E-state index contributed by atoms with van der Waals surface area (Å²) in [6.07, 6.45) is 5.76. The van der Waals surface area contributed by atoms with E-state index in [-0.39, 0.29) is 30.6 Å². The summed E-state index contributed by atoms with van der Waals surface area (Å²) in [5.41, 5.74) is 4.30. The Morgan fingerprint density at radius 1 is 1.17 bits per heavy atom. The lowest BCUT2D eigenvalue weighted by Crippen LogP contribution is -2.41. The van der Waals surface area contributed by atoms with Crippen LogP contribution in [0.2, 0.25) is 0 Å². The van der Waals surface area contributed by atoms with Crippen LogP contribution in [0.4, 0.5) is 5.82 Å². The minimum absolute atomic E-state index is 0.0330. The Labute approximate surface area is 177 Å². The molecule has 0 bridgehead atoms. The van der Waals surface area contributed by atoms with Crippen molar-refractivity contribution < 1.29 is 14.3 Å². The molecule has 0 radical (unpaired) electrons. The van der Waals surface area contributed by atoms with Crippen molar-refractivity contribution in [2.75, 3.05) is 24.6 Å². The highest BCUT2D eigenvalue weighted by Gasteiger charge is 2.18. The molecule has 0 saturated carbocycles. The number of amides is 1. The van der Waals surface area contributed by atoms with Gasteiger partial charge < -0.3 is 15.0 Å². The summed E-state index contributed by atoms with van der Waals surface area (Å²) in [5, 5.41) is 2.89. The molecule has 6 nitrogen and oxygen atoms in total. The van der Waals surface area contributed by atoms with Crippen LogP contribution in [-0.2, 0) is 28.9 Å². The first-order valence-corrected chi connectivity index (χ1v) is 10.8. The number of fused-ring (bicyclic) bond motifs is 1. The normalized spacial score (nSPS) is 18.2. The van der Waals surface area contributed by atoms with Crippen molar-refractivity contribution in [2.24, 2.45) is 0 Å². The van der Waals surface area contributed by atoms with Gasteiger partial charge in [0.15, 0.2) is 5.78 Å². The molecular weight excluding hydrogens is 378 g/mol. The third-order valence-electron chi connectivity index (χ3n) is 5.86. The van der Waals surface area contributed by atoms with E-state index in [1.807, 2.05) is 24.3 Å². The number of hydrogen-bond acceptors (Lipinski definition) is 5. The maximum atomic E-state index is 12.4. The molecule has 30 heavy (non-hydrogen) atoms. The van der Waals surface area contributed by atoms with Crippen molar-refractivity contribution >= 4 is 17.5 Å². The zero-order valence-corrected chi connectivity index (χ0v) is 17.5. The maximum absolute atomic E-state index is 12.4. The van der Waals surface area contributed by atoms with Gasteiger partial charge in [-0.1, -0.05) is 18.2 Å². The molecule has 1 N–H and O–H groups in total. The van der Waals surface area contributed by atoms with Crippen LogP contribution in [0, 0.1) is 0 Å². The number of pyridine rings is 1. The van der Waals surface area contributed by atoms with E-state index in [1.54, 1.807) is 6.20 Å². The van der Waals surface area contributed by atoms with Gasteiger partial charge in [-0.25, -0.2) is 4.98 Å². The van der Waals surface area contributed by atoms with Gasteiger partial charge in [-0.15, -0.1) is 0 Å². The highest BCUT2D eigenvalue weighted by Crippen LogP contribution is 2.23. The number of morpholine rings is 1. The number of nitrogens with zero attached hydrogens (tertiary/aromatic N) is 2. The fourth-order valence-electron chi connectivity index (χ4n) is 4.14. The summed E-state index contributed by atoms with van der Waals surface area (Å²) in [7, 11) is 0. The molecule has 2 aromatic rings. The van der Waals surface area contributed by atoms with Gasteiger partial charge in [0.05, 0.1) is 12.7 Å². The third-order valence-corrected chi connectivity index (χ3v) is 5.86. The predicted molar refractivity (Wildman–Crippen MR) is 116 cm³/mol. The zero-order valence-electron chi connectivity index (χ0n) is 17.5. The number of hydrogen-bond donors (Lipinski definition) is 1. The Balaban J connectivity index is 1.22. The minimum atomic E-state index is -0.115. The molecule has 1 aromatic carbocycles. The molecule has 158 valence electrons. The molecule has 1 atom stereocenters. The van der Waals surface area contributed by atoms with E-state index < -0.39 is 0 Å². The molecule has 1 aliphatic heterocycles. The predicted octanol–water partition coefficient (Wildman–Crippen LogP) is 3.07. The second-order valence-electron chi connectivity index (χ2n) is 8.19. The number of benzene rings is 1. The standard InChI is InChI=1S/C24H29N3O3/c1-17-16-27(11-12-30-17)23-9-5-18(14-25-23)15-26-24(29)10-8-22(28)21-7-6-19-3-2-4-20(19)13-21/h5-7,9,13-14,17H,2-4,8,10-12,15-16H2,1H3,(H,26,29). The van der Waals surface area contributed by atoms with Crippen molar-refractivity contribution in [3.05, 3.63) is 58.8 Å². The SMILES string of the molecule is CC1CN(c2ccc(CNC(=O)CCC(=O)c3ccc4c(c3)CCC4)cn2)CCO1. The topological polar surface area (TPSA) is 71.5 Å². The van der Waals surface area contributed by atoms with Crippen LogP contribution >= 0.6 is 0 Å². The third kappa shape index (κ3) is 5.05. The summed E-state index contributed by atoms with van der Waals surface area (Å²) in [6.45, 7) is 4.86. The molecule has 4 rings (SSSR count). The highest BCUT2D eigenvalue weighted by molar-refractivity contribution is 5.98. The van der Waals surface area contributed by atoms with Gasteiger partial charge in [-0.3, -0.25) is 9.59 Å². The Morgan fingerprint density at radius 3 is 2.83 bits per heavy atom. The molecule has 1 fully saturated rings. The summed E-state index contributed by atoms with van der Waals surface area (Å²) >= 11 is 0. The van der Waals surface area contributed by atoms with E-state index in [4.69, 9.17) is 4.74 Å². The van der Waals surface area contributed by atoms with E-state index in [0.717, 1.165) is 49.3 Å². The molecule has 1 aromatic heterocycles. The quantitative estimate of drug-likeness (QED) is 0.714. The van der Waals surface area contributed by atoms with Crippen LogP contribution in [0.15, 0.2) is 36.5 Å². The fraction of sp³-hybridized carbons (Fsp3) is 0.458. The zero-order chi connectivity index (χ0) is 20.9. The van der Waals surface area contributed by atoms with Crippen LogP contribution in [0.1, 0.15) is 53.2 Å². The van der Waals surface area contributed by atoms with Crippen molar-refractivity contribution in [3.8, 4) is 0 Å². The summed E-state index contributed by atoms with van der Waals surface area (Å²) in [4.78, 5) is 31.3. The molecule has 0 spiro atoms. The number of aryl methyl sites for hydroxylation is 2. The summed E-state index contributed by atoms with van der Waals surface area (Å²) in [5.74, 6) is 0.848. The van der Waals surface area contributed by atoms with E-state index in [0.29, 0.717) is 13.2 Å². The van der Waals surface area contributed by atoms with Crippen LogP contribution in [0.3, 0.4) is 0 Å². The number of rotatable bonds is 7. The van der Waals surface area contributed by atoms with Crippen LogP contribution in [-0.4, -0.2) is 42.5 Å². The molecular formula is C24H29N3O3. The van der Waals surface area contributed by atoms with E-state index >= 15 is 0 Å². The maximum Gasteiger partial charge on any atom is 0.220 e. The van der Waals surface area contributed by atoms with E-state index in [2.05, 4.69) is 28.2 Å². The lowest BCUT2D eigenvalue weighted by atomic mass is 10.0. The average molecular weight is 408 g/mol. The number of aromatic nitrogens is 1. The lowest BCUT2D eigenvalue weighted by molar-refractivity contribution is -0.121. The molecule has 1 amide bonds. The van der Waals surface area contributed by atoms with Gasteiger partial charge in [0.25, 0.3) is 0 Å². The molecule has 6 heteroatoms. The fourth-order valence-corrected chi connectivity index (χ4v) is 4.14. The summed E-state index contributed by atoms with van der Waals surface area (Å²) in [6, 6.07) is 9.93. The van der Waals surface area contributed by atoms with E-state index in [9.17, 15) is 9.59 Å².